The monoisotopic (exact) mass is 207 g/mol. The van der Waals surface area contributed by atoms with Crippen molar-refractivity contribution in [3.63, 3.8) is 0 Å². The van der Waals surface area contributed by atoms with E-state index in [1.54, 1.807) is 6.07 Å². The molecule has 1 aliphatic rings. The zero-order chi connectivity index (χ0) is 10.7. The summed E-state index contributed by atoms with van der Waals surface area (Å²) in [5.41, 5.74) is 7.27. The molecule has 3 heteroatoms. The van der Waals surface area contributed by atoms with E-state index >= 15 is 0 Å². The molecule has 0 spiro atoms. The number of nitrogens with two attached hydrogens (primary N) is 1. The van der Waals surface area contributed by atoms with E-state index in [9.17, 15) is 5.11 Å². The molecule has 0 amide bonds. The molecule has 0 radical (unpaired) electrons. The number of ether oxygens (including phenoxy) is 1. The maximum absolute atomic E-state index is 9.46. The Kier molecular flexibility index (Phi) is 3.11. The molecule has 0 saturated carbocycles. The molecule has 15 heavy (non-hydrogen) atoms. The first kappa shape index (κ1) is 10.3. The molecule has 1 atom stereocenters. The predicted octanol–water partition coefficient (Wildman–Crippen LogP) is 2.09. The number of aromatic hydroxyl groups is 1. The Hall–Kier alpha value is -1.22. The van der Waals surface area contributed by atoms with Gasteiger partial charge in [-0.15, -0.1) is 0 Å². The van der Waals surface area contributed by atoms with E-state index in [0.29, 0.717) is 5.69 Å². The molecule has 1 fully saturated rings. The van der Waals surface area contributed by atoms with E-state index in [-0.39, 0.29) is 11.9 Å². The highest BCUT2D eigenvalue weighted by atomic mass is 16.5. The van der Waals surface area contributed by atoms with Gasteiger partial charge in [-0.05, 0) is 30.9 Å². The van der Waals surface area contributed by atoms with E-state index in [1.807, 2.05) is 12.1 Å². The quantitative estimate of drug-likeness (QED) is 0.576. The van der Waals surface area contributed by atoms with Crippen LogP contribution >= 0.6 is 0 Å². The summed E-state index contributed by atoms with van der Waals surface area (Å²) in [6.07, 6.45) is 4.55. The van der Waals surface area contributed by atoms with E-state index in [1.165, 1.54) is 6.42 Å². The average Bonchev–Trinajstić information content (AvgIpc) is 2.26. The highest BCUT2D eigenvalue weighted by Gasteiger charge is 2.16. The second kappa shape index (κ2) is 4.53. The molecule has 2 rings (SSSR count). The van der Waals surface area contributed by atoms with Crippen molar-refractivity contribution >= 4 is 5.69 Å². The maximum atomic E-state index is 9.46. The lowest BCUT2D eigenvalue weighted by Crippen LogP contribution is -2.21. The molecule has 0 bridgehead atoms. The minimum Gasteiger partial charge on any atom is -0.506 e. The lowest BCUT2D eigenvalue weighted by molar-refractivity contribution is 0.0169. The van der Waals surface area contributed by atoms with Crippen molar-refractivity contribution in [3.8, 4) is 5.75 Å². The van der Waals surface area contributed by atoms with Gasteiger partial charge < -0.3 is 15.6 Å². The number of anilines is 1. The van der Waals surface area contributed by atoms with Crippen molar-refractivity contribution in [1.29, 1.82) is 0 Å². The van der Waals surface area contributed by atoms with E-state index in [4.69, 9.17) is 10.5 Å². The van der Waals surface area contributed by atoms with Gasteiger partial charge in [0.1, 0.15) is 5.75 Å². The Balaban J connectivity index is 2.06. The summed E-state index contributed by atoms with van der Waals surface area (Å²) >= 11 is 0. The zero-order valence-corrected chi connectivity index (χ0v) is 8.78. The van der Waals surface area contributed by atoms with E-state index < -0.39 is 0 Å². The Labute approximate surface area is 89.9 Å². The van der Waals surface area contributed by atoms with Gasteiger partial charge in [-0.3, -0.25) is 0 Å². The zero-order valence-electron chi connectivity index (χ0n) is 8.78. The van der Waals surface area contributed by atoms with Crippen LogP contribution in [0.2, 0.25) is 0 Å². The fraction of sp³-hybridized carbons (Fsp3) is 0.500. The largest absolute Gasteiger partial charge is 0.506 e. The second-order valence-corrected chi connectivity index (χ2v) is 4.04. The molecule has 1 heterocycles. The predicted molar refractivity (Wildman–Crippen MR) is 59.8 cm³/mol. The summed E-state index contributed by atoms with van der Waals surface area (Å²) in [6.45, 7) is 0.851. The first-order chi connectivity index (χ1) is 7.27. The highest BCUT2D eigenvalue weighted by Crippen LogP contribution is 2.26. The third kappa shape index (κ3) is 2.42. The standard InChI is InChI=1S/C12H17NO2/c13-12-9(4-3-6-11(12)14)8-10-5-1-2-7-15-10/h3-4,6,10,14H,1-2,5,7-8,13H2. The summed E-state index contributed by atoms with van der Waals surface area (Å²) in [7, 11) is 0. The first-order valence-electron chi connectivity index (χ1n) is 5.45. The third-order valence-electron chi connectivity index (χ3n) is 2.89. The lowest BCUT2D eigenvalue weighted by atomic mass is 10.00. The van der Waals surface area contributed by atoms with Gasteiger partial charge in [-0.1, -0.05) is 12.1 Å². The van der Waals surface area contributed by atoms with Gasteiger partial charge in [-0.25, -0.2) is 0 Å². The summed E-state index contributed by atoms with van der Waals surface area (Å²) in [5, 5.41) is 9.46. The van der Waals surface area contributed by atoms with Crippen LogP contribution in [0.4, 0.5) is 5.69 Å². The number of hydrogen-bond donors (Lipinski definition) is 2. The summed E-state index contributed by atoms with van der Waals surface area (Å²) in [4.78, 5) is 0. The maximum Gasteiger partial charge on any atom is 0.138 e. The van der Waals surface area contributed by atoms with Gasteiger partial charge in [0.05, 0.1) is 11.8 Å². The summed E-state index contributed by atoms with van der Waals surface area (Å²) in [5.74, 6) is 0.170. The molecule has 0 aliphatic carbocycles. The van der Waals surface area contributed by atoms with Gasteiger partial charge in [0, 0.05) is 13.0 Å². The molecule has 3 nitrogen and oxygen atoms in total. The van der Waals surface area contributed by atoms with Crippen molar-refractivity contribution in [3.05, 3.63) is 23.8 Å². The van der Waals surface area contributed by atoms with E-state index in [2.05, 4.69) is 0 Å². The lowest BCUT2D eigenvalue weighted by Gasteiger charge is -2.23. The fourth-order valence-electron chi connectivity index (χ4n) is 1.99. The molecule has 82 valence electrons. The van der Waals surface area contributed by atoms with E-state index in [0.717, 1.165) is 31.4 Å². The minimum atomic E-state index is 0.170. The van der Waals surface area contributed by atoms with Gasteiger partial charge in [0.25, 0.3) is 0 Å². The highest BCUT2D eigenvalue weighted by molar-refractivity contribution is 5.57. The van der Waals surface area contributed by atoms with Crippen LogP contribution in [0.5, 0.6) is 5.75 Å². The van der Waals surface area contributed by atoms with Crippen LogP contribution < -0.4 is 5.73 Å². The summed E-state index contributed by atoms with van der Waals surface area (Å²) in [6, 6.07) is 5.39. The van der Waals surface area contributed by atoms with Crippen LogP contribution in [0.3, 0.4) is 0 Å². The van der Waals surface area contributed by atoms with Crippen LogP contribution in [0.25, 0.3) is 0 Å². The van der Waals surface area contributed by atoms with Crippen molar-refractivity contribution in [2.75, 3.05) is 12.3 Å². The first-order valence-corrected chi connectivity index (χ1v) is 5.45. The van der Waals surface area contributed by atoms with Crippen molar-refractivity contribution in [1.82, 2.24) is 0 Å². The van der Waals surface area contributed by atoms with Crippen molar-refractivity contribution < 1.29 is 9.84 Å². The number of nitrogen functional groups attached to an aromatic ring is 1. The normalized spacial score (nSPS) is 21.5. The number of rotatable bonds is 2. The van der Waals surface area contributed by atoms with Crippen LogP contribution in [0.1, 0.15) is 24.8 Å². The molecule has 0 aromatic heterocycles. The molecule has 1 aromatic rings. The summed E-state index contributed by atoms with van der Waals surface area (Å²) < 4.78 is 5.64. The second-order valence-electron chi connectivity index (χ2n) is 4.04. The molecule has 3 N–H and O–H groups in total. The number of hydrogen-bond acceptors (Lipinski definition) is 3. The molecular formula is C12H17NO2. The Morgan fingerprint density at radius 2 is 2.27 bits per heavy atom. The van der Waals surface area contributed by atoms with Gasteiger partial charge in [-0.2, -0.15) is 0 Å². The molecule has 1 aliphatic heterocycles. The molecule has 1 unspecified atom stereocenters. The third-order valence-corrected chi connectivity index (χ3v) is 2.89. The molecule has 1 saturated heterocycles. The molecule has 1 aromatic carbocycles. The van der Waals surface area contributed by atoms with Gasteiger partial charge in [0.15, 0.2) is 0 Å². The van der Waals surface area contributed by atoms with Crippen LogP contribution in [0.15, 0.2) is 18.2 Å². The Morgan fingerprint density at radius 3 is 3.00 bits per heavy atom. The number of phenolic OH excluding ortho intramolecular Hbond substituents is 1. The van der Waals surface area contributed by atoms with Crippen LogP contribution in [0, 0.1) is 0 Å². The van der Waals surface area contributed by atoms with Crippen molar-refractivity contribution in [2.24, 2.45) is 0 Å². The Bertz CT molecular complexity index is 332. The van der Waals surface area contributed by atoms with Gasteiger partial charge >= 0.3 is 0 Å². The number of phenols is 1. The smallest absolute Gasteiger partial charge is 0.138 e. The Morgan fingerprint density at radius 1 is 1.40 bits per heavy atom. The van der Waals surface area contributed by atoms with Crippen molar-refractivity contribution in [2.45, 2.75) is 31.8 Å². The number of benzene rings is 1. The SMILES string of the molecule is Nc1c(O)cccc1CC1CCCCO1. The topological polar surface area (TPSA) is 55.5 Å². The fourth-order valence-corrected chi connectivity index (χ4v) is 1.99. The number of para-hydroxylation sites is 1. The average molecular weight is 207 g/mol. The minimum absolute atomic E-state index is 0.170. The van der Waals surface area contributed by atoms with Crippen LogP contribution in [-0.2, 0) is 11.2 Å². The van der Waals surface area contributed by atoms with Gasteiger partial charge in [0.2, 0.25) is 0 Å². The molecular weight excluding hydrogens is 190 g/mol. The van der Waals surface area contributed by atoms with Crippen LogP contribution in [-0.4, -0.2) is 17.8 Å².